The Kier molecular flexibility index (Phi) is 4.39. The summed E-state index contributed by atoms with van der Waals surface area (Å²) in [5, 5.41) is 4.83. The summed E-state index contributed by atoms with van der Waals surface area (Å²) in [5.74, 6) is 1.89. The maximum absolute atomic E-state index is 12.9. The Labute approximate surface area is 158 Å². The van der Waals surface area contributed by atoms with Crippen molar-refractivity contribution < 1.29 is 9.32 Å². The fourth-order valence-corrected chi connectivity index (χ4v) is 3.92. The van der Waals surface area contributed by atoms with Crippen LogP contribution >= 0.6 is 11.6 Å². The van der Waals surface area contributed by atoms with Crippen LogP contribution in [0.4, 0.5) is 5.95 Å². The number of carbonyl (C=O) groups excluding carboxylic acids is 1. The molecule has 4 rings (SSSR count). The first kappa shape index (κ1) is 17.3. The maximum atomic E-state index is 12.9. The molecular formula is C19H23ClN4O2. The van der Waals surface area contributed by atoms with Crippen molar-refractivity contribution in [2.75, 3.05) is 32.1 Å². The lowest BCUT2D eigenvalue weighted by molar-refractivity contribution is -0.141. The molecule has 1 amide bonds. The predicted octanol–water partition coefficient (Wildman–Crippen LogP) is 3.13. The average Bonchev–Trinajstić information content (AvgIpc) is 2.99. The predicted molar refractivity (Wildman–Crippen MR) is 99.4 cm³/mol. The van der Waals surface area contributed by atoms with E-state index >= 15 is 0 Å². The van der Waals surface area contributed by atoms with Gasteiger partial charge in [0.25, 0.3) is 5.95 Å². The fourth-order valence-electron chi connectivity index (χ4n) is 3.79. The van der Waals surface area contributed by atoms with E-state index in [4.69, 9.17) is 16.1 Å². The smallest absolute Gasteiger partial charge is 0.266 e. The number of hydrogen-bond acceptors (Lipinski definition) is 5. The van der Waals surface area contributed by atoms with Crippen LogP contribution in [0.5, 0.6) is 0 Å². The highest BCUT2D eigenvalue weighted by atomic mass is 35.5. The Bertz CT molecular complexity index is 792. The van der Waals surface area contributed by atoms with Crippen molar-refractivity contribution >= 4 is 23.5 Å². The molecule has 1 saturated heterocycles. The standard InChI is InChI=1S/C19H23ClN4O2/c1-23(2)17(25)19(10-13-6-8-15(20)9-7-13)11-24(12-19)18-21-16(26-22-18)14-4-3-5-14/h6-9,14H,3-5,10-12H2,1-2H3. The molecule has 2 aliphatic rings. The molecule has 0 atom stereocenters. The summed E-state index contributed by atoms with van der Waals surface area (Å²) < 4.78 is 5.42. The fraction of sp³-hybridized carbons (Fsp3) is 0.526. The molecule has 0 unspecified atom stereocenters. The van der Waals surface area contributed by atoms with Gasteiger partial charge in [-0.2, -0.15) is 4.98 Å². The molecule has 1 aliphatic carbocycles. The third kappa shape index (κ3) is 3.07. The molecule has 0 spiro atoms. The summed E-state index contributed by atoms with van der Waals surface area (Å²) in [6, 6.07) is 7.70. The van der Waals surface area contributed by atoms with Crippen LogP contribution < -0.4 is 4.90 Å². The van der Waals surface area contributed by atoms with Gasteiger partial charge < -0.3 is 14.3 Å². The molecule has 1 aliphatic heterocycles. The zero-order chi connectivity index (χ0) is 18.3. The molecule has 7 heteroatoms. The van der Waals surface area contributed by atoms with Crippen LogP contribution in [0, 0.1) is 5.41 Å². The normalized spacial score (nSPS) is 19.0. The summed E-state index contributed by atoms with van der Waals surface area (Å²) >= 11 is 5.98. The number of anilines is 1. The third-order valence-electron chi connectivity index (χ3n) is 5.47. The van der Waals surface area contributed by atoms with Crippen LogP contribution in [0.3, 0.4) is 0 Å². The summed E-state index contributed by atoms with van der Waals surface area (Å²) in [7, 11) is 3.61. The summed E-state index contributed by atoms with van der Waals surface area (Å²) in [6.07, 6.45) is 4.15. The van der Waals surface area contributed by atoms with Crippen LogP contribution in [0.2, 0.25) is 5.02 Å². The number of nitrogens with zero attached hydrogens (tertiary/aromatic N) is 4. The van der Waals surface area contributed by atoms with E-state index < -0.39 is 5.41 Å². The zero-order valence-electron chi connectivity index (χ0n) is 15.1. The number of halogens is 1. The number of carbonyl (C=O) groups is 1. The number of amides is 1. The first-order valence-corrected chi connectivity index (χ1v) is 9.39. The lowest BCUT2D eigenvalue weighted by Crippen LogP contribution is -2.64. The van der Waals surface area contributed by atoms with E-state index in [-0.39, 0.29) is 5.91 Å². The highest BCUT2D eigenvalue weighted by Crippen LogP contribution is 2.40. The molecule has 2 heterocycles. The number of benzene rings is 1. The van der Waals surface area contributed by atoms with E-state index in [1.54, 1.807) is 19.0 Å². The highest BCUT2D eigenvalue weighted by Gasteiger charge is 2.51. The quantitative estimate of drug-likeness (QED) is 0.804. The van der Waals surface area contributed by atoms with Crippen molar-refractivity contribution in [3.63, 3.8) is 0 Å². The van der Waals surface area contributed by atoms with E-state index in [1.807, 2.05) is 29.2 Å². The first-order valence-electron chi connectivity index (χ1n) is 9.02. The lowest BCUT2D eigenvalue weighted by atomic mass is 9.73. The van der Waals surface area contributed by atoms with Gasteiger partial charge in [0.15, 0.2) is 0 Å². The van der Waals surface area contributed by atoms with Crippen molar-refractivity contribution in [3.05, 3.63) is 40.7 Å². The van der Waals surface area contributed by atoms with Gasteiger partial charge in [-0.3, -0.25) is 4.79 Å². The van der Waals surface area contributed by atoms with Crippen molar-refractivity contribution in [2.45, 2.75) is 31.6 Å². The summed E-state index contributed by atoms with van der Waals surface area (Å²) in [5.41, 5.74) is 0.640. The van der Waals surface area contributed by atoms with Gasteiger partial charge in [0.2, 0.25) is 11.8 Å². The lowest BCUT2D eigenvalue weighted by Gasteiger charge is -2.49. The van der Waals surface area contributed by atoms with Crippen LogP contribution in [0.25, 0.3) is 0 Å². The van der Waals surface area contributed by atoms with Crippen LogP contribution in [-0.4, -0.2) is 48.1 Å². The molecule has 1 saturated carbocycles. The second kappa shape index (κ2) is 6.58. The Balaban J connectivity index is 1.50. The molecule has 1 aromatic carbocycles. The highest BCUT2D eigenvalue weighted by molar-refractivity contribution is 6.30. The molecule has 2 fully saturated rings. The minimum Gasteiger partial charge on any atom is -0.348 e. The monoisotopic (exact) mass is 374 g/mol. The van der Waals surface area contributed by atoms with Gasteiger partial charge in [-0.15, -0.1) is 0 Å². The third-order valence-corrected chi connectivity index (χ3v) is 5.72. The largest absolute Gasteiger partial charge is 0.348 e. The molecule has 2 aromatic rings. The van der Waals surface area contributed by atoms with E-state index in [0.29, 0.717) is 36.4 Å². The molecule has 6 nitrogen and oxygen atoms in total. The minimum atomic E-state index is -0.464. The van der Waals surface area contributed by atoms with Gasteiger partial charge in [-0.1, -0.05) is 30.2 Å². The van der Waals surface area contributed by atoms with Crippen molar-refractivity contribution in [1.82, 2.24) is 15.0 Å². The van der Waals surface area contributed by atoms with E-state index in [2.05, 4.69) is 10.1 Å². The van der Waals surface area contributed by atoms with Crippen LogP contribution in [0.15, 0.2) is 28.8 Å². The van der Waals surface area contributed by atoms with Gasteiger partial charge in [0.05, 0.1) is 5.41 Å². The molecule has 1 aromatic heterocycles. The molecule has 0 N–H and O–H groups in total. The summed E-state index contributed by atoms with van der Waals surface area (Å²) in [4.78, 5) is 21.1. The van der Waals surface area contributed by atoms with Crippen LogP contribution in [0.1, 0.15) is 36.6 Å². The molecule has 0 radical (unpaired) electrons. The van der Waals surface area contributed by atoms with Gasteiger partial charge in [0.1, 0.15) is 0 Å². The van der Waals surface area contributed by atoms with Crippen molar-refractivity contribution in [1.29, 1.82) is 0 Å². The van der Waals surface area contributed by atoms with Gasteiger partial charge >= 0.3 is 0 Å². The molecule has 138 valence electrons. The van der Waals surface area contributed by atoms with Crippen LogP contribution in [-0.2, 0) is 11.2 Å². The van der Waals surface area contributed by atoms with E-state index in [9.17, 15) is 4.79 Å². The van der Waals surface area contributed by atoms with E-state index in [1.165, 1.54) is 6.42 Å². The SMILES string of the molecule is CN(C)C(=O)C1(Cc2ccc(Cl)cc2)CN(c2noc(C3CCC3)n2)C1. The maximum Gasteiger partial charge on any atom is 0.266 e. The second-order valence-electron chi connectivity index (χ2n) is 7.70. The van der Waals surface area contributed by atoms with Gasteiger partial charge in [0, 0.05) is 38.1 Å². The summed E-state index contributed by atoms with van der Waals surface area (Å²) in [6.45, 7) is 1.19. The Hall–Kier alpha value is -2.08. The topological polar surface area (TPSA) is 62.5 Å². The Morgan fingerprint density at radius 1 is 1.31 bits per heavy atom. The van der Waals surface area contributed by atoms with Gasteiger partial charge in [-0.25, -0.2) is 0 Å². The first-order chi connectivity index (χ1) is 12.5. The van der Waals surface area contributed by atoms with Crippen molar-refractivity contribution in [2.24, 2.45) is 5.41 Å². The Morgan fingerprint density at radius 2 is 2.00 bits per heavy atom. The molecular weight excluding hydrogens is 352 g/mol. The number of aromatic nitrogens is 2. The number of hydrogen-bond donors (Lipinski definition) is 0. The zero-order valence-corrected chi connectivity index (χ0v) is 15.9. The average molecular weight is 375 g/mol. The minimum absolute atomic E-state index is 0.131. The Morgan fingerprint density at radius 3 is 2.58 bits per heavy atom. The number of rotatable bonds is 5. The van der Waals surface area contributed by atoms with Gasteiger partial charge in [-0.05, 0) is 42.1 Å². The molecule has 0 bridgehead atoms. The van der Waals surface area contributed by atoms with E-state index in [0.717, 1.165) is 24.3 Å². The second-order valence-corrected chi connectivity index (χ2v) is 8.14. The molecule has 26 heavy (non-hydrogen) atoms. The van der Waals surface area contributed by atoms with Crippen molar-refractivity contribution in [3.8, 4) is 0 Å².